The van der Waals surface area contributed by atoms with Crippen LogP contribution in [0.5, 0.6) is 11.5 Å². The first kappa shape index (κ1) is 14.5. The molecule has 20 heavy (non-hydrogen) atoms. The van der Waals surface area contributed by atoms with E-state index in [1.807, 2.05) is 24.3 Å². The van der Waals surface area contributed by atoms with E-state index in [-0.39, 0.29) is 5.56 Å². The number of hydrogen-bond acceptors (Lipinski definition) is 4. The molecule has 4 nitrogen and oxygen atoms in total. The third-order valence-corrected chi connectivity index (χ3v) is 3.57. The van der Waals surface area contributed by atoms with Gasteiger partial charge in [0.05, 0.1) is 19.9 Å². The fourth-order valence-electron chi connectivity index (χ4n) is 2.09. The van der Waals surface area contributed by atoms with Gasteiger partial charge >= 0.3 is 0 Å². The summed E-state index contributed by atoms with van der Waals surface area (Å²) in [7, 11) is 4.93. The molecule has 0 saturated carbocycles. The second-order valence-electron chi connectivity index (χ2n) is 4.34. The summed E-state index contributed by atoms with van der Waals surface area (Å²) in [5, 5.41) is 0. The topological polar surface area (TPSA) is 40.5 Å². The second-order valence-corrected chi connectivity index (χ2v) is 4.65. The Balaban J connectivity index is 2.57. The van der Waals surface area contributed by atoms with Crippen molar-refractivity contribution in [3.63, 3.8) is 0 Å². The summed E-state index contributed by atoms with van der Waals surface area (Å²) in [4.78, 5) is 12.1. The minimum absolute atomic E-state index is 0.0349. The van der Waals surface area contributed by atoms with Gasteiger partial charge in [-0.15, -0.1) is 0 Å². The summed E-state index contributed by atoms with van der Waals surface area (Å²) in [5.41, 5.74) is 2.36. The Hall–Kier alpha value is -1.88. The average molecular weight is 291 g/mol. The fourth-order valence-corrected chi connectivity index (χ4v) is 2.33. The maximum absolute atomic E-state index is 12.1. The summed E-state index contributed by atoms with van der Waals surface area (Å²) in [6.45, 7) is 0. The molecule has 0 atom stereocenters. The number of hydrogen-bond donors (Lipinski definition) is 1. The predicted molar refractivity (Wildman–Crippen MR) is 82.9 cm³/mol. The lowest BCUT2D eigenvalue weighted by molar-refractivity contribution is 0.355. The third-order valence-electron chi connectivity index (χ3n) is 3.23. The van der Waals surface area contributed by atoms with E-state index >= 15 is 0 Å². The maximum Gasteiger partial charge on any atom is 0.254 e. The van der Waals surface area contributed by atoms with Gasteiger partial charge in [0.2, 0.25) is 0 Å². The highest BCUT2D eigenvalue weighted by atomic mass is 32.1. The first-order valence-corrected chi connectivity index (χ1v) is 6.77. The lowest BCUT2D eigenvalue weighted by atomic mass is 10.1. The van der Waals surface area contributed by atoms with E-state index in [9.17, 15) is 4.79 Å². The van der Waals surface area contributed by atoms with Crippen LogP contribution < -0.4 is 15.0 Å². The molecule has 0 aliphatic heterocycles. The molecule has 1 aromatic carbocycles. The number of nitrogens with zero attached hydrogens (tertiary/aromatic N) is 1. The first-order valence-electron chi connectivity index (χ1n) is 6.14. The van der Waals surface area contributed by atoms with Gasteiger partial charge in [0.25, 0.3) is 5.56 Å². The lowest BCUT2D eigenvalue weighted by Crippen LogP contribution is -2.21. The van der Waals surface area contributed by atoms with Gasteiger partial charge in [-0.2, -0.15) is 12.6 Å². The van der Waals surface area contributed by atoms with Crippen molar-refractivity contribution in [3.05, 3.63) is 46.2 Å². The Labute approximate surface area is 123 Å². The number of ether oxygens (including phenoxy) is 2. The number of pyridine rings is 1. The van der Waals surface area contributed by atoms with E-state index in [4.69, 9.17) is 9.47 Å². The Morgan fingerprint density at radius 2 is 1.80 bits per heavy atom. The highest BCUT2D eigenvalue weighted by Gasteiger charge is 2.10. The van der Waals surface area contributed by atoms with E-state index in [1.165, 1.54) is 0 Å². The van der Waals surface area contributed by atoms with Crippen LogP contribution in [0.2, 0.25) is 0 Å². The van der Waals surface area contributed by atoms with Crippen molar-refractivity contribution in [2.24, 2.45) is 7.05 Å². The SMILES string of the molecule is COc1ccc(-c2ccc(CS)c(=O)n2C)cc1OC. The zero-order valence-electron chi connectivity index (χ0n) is 11.7. The molecule has 5 heteroatoms. The molecule has 2 aromatic rings. The van der Waals surface area contributed by atoms with Crippen molar-refractivity contribution in [2.75, 3.05) is 14.2 Å². The molecule has 0 aliphatic rings. The van der Waals surface area contributed by atoms with Crippen LogP contribution in [0.1, 0.15) is 5.56 Å². The van der Waals surface area contributed by atoms with E-state index in [2.05, 4.69) is 12.6 Å². The quantitative estimate of drug-likeness (QED) is 0.880. The molecular weight excluding hydrogens is 274 g/mol. The minimum Gasteiger partial charge on any atom is -0.493 e. The number of thiol groups is 1. The highest BCUT2D eigenvalue weighted by molar-refractivity contribution is 7.79. The Morgan fingerprint density at radius 3 is 2.40 bits per heavy atom. The zero-order valence-corrected chi connectivity index (χ0v) is 12.6. The smallest absolute Gasteiger partial charge is 0.254 e. The molecule has 0 unspecified atom stereocenters. The molecule has 0 bridgehead atoms. The van der Waals surface area contributed by atoms with Crippen molar-refractivity contribution in [3.8, 4) is 22.8 Å². The molecule has 0 N–H and O–H groups in total. The first-order chi connectivity index (χ1) is 9.62. The molecule has 2 rings (SSSR count). The van der Waals surface area contributed by atoms with Crippen molar-refractivity contribution in [1.82, 2.24) is 4.57 Å². The molecular formula is C15H17NO3S. The van der Waals surface area contributed by atoms with Gasteiger partial charge in [0.1, 0.15) is 0 Å². The van der Waals surface area contributed by atoms with Crippen molar-refractivity contribution < 1.29 is 9.47 Å². The summed E-state index contributed by atoms with van der Waals surface area (Å²) in [6, 6.07) is 9.30. The Kier molecular flexibility index (Phi) is 4.39. The molecule has 0 fully saturated rings. The van der Waals surface area contributed by atoms with Gasteiger partial charge in [-0.05, 0) is 24.3 Å². The average Bonchev–Trinajstić information content (AvgIpc) is 2.49. The number of aromatic nitrogens is 1. The van der Waals surface area contributed by atoms with E-state index < -0.39 is 0 Å². The summed E-state index contributed by atoms with van der Waals surface area (Å²) in [5.74, 6) is 1.72. The molecule has 0 spiro atoms. The monoisotopic (exact) mass is 291 g/mol. The van der Waals surface area contributed by atoms with Crippen LogP contribution in [0, 0.1) is 0 Å². The van der Waals surface area contributed by atoms with Gasteiger partial charge < -0.3 is 14.0 Å². The molecule has 0 aliphatic carbocycles. The Bertz CT molecular complexity index is 679. The van der Waals surface area contributed by atoms with Gasteiger partial charge in [-0.1, -0.05) is 6.07 Å². The summed E-state index contributed by atoms with van der Waals surface area (Å²) < 4.78 is 12.1. The minimum atomic E-state index is -0.0349. The molecule has 1 aromatic heterocycles. The van der Waals surface area contributed by atoms with Crippen LogP contribution in [-0.2, 0) is 12.8 Å². The largest absolute Gasteiger partial charge is 0.493 e. The molecule has 106 valence electrons. The molecule has 0 amide bonds. The van der Waals surface area contributed by atoms with Crippen LogP contribution in [0.3, 0.4) is 0 Å². The number of rotatable bonds is 4. The van der Waals surface area contributed by atoms with E-state index in [0.717, 1.165) is 11.3 Å². The maximum atomic E-state index is 12.1. The van der Waals surface area contributed by atoms with Gasteiger partial charge in [-0.25, -0.2) is 0 Å². The van der Waals surface area contributed by atoms with Crippen molar-refractivity contribution in [2.45, 2.75) is 5.75 Å². The van der Waals surface area contributed by atoms with Crippen molar-refractivity contribution in [1.29, 1.82) is 0 Å². The van der Waals surface area contributed by atoms with Crippen LogP contribution >= 0.6 is 12.6 Å². The summed E-state index contributed by atoms with van der Waals surface area (Å²) >= 11 is 4.16. The molecule has 0 radical (unpaired) electrons. The third kappa shape index (κ3) is 2.54. The van der Waals surface area contributed by atoms with Crippen LogP contribution in [0.15, 0.2) is 35.1 Å². The second kappa shape index (κ2) is 6.05. The standard InChI is InChI=1S/C15H17NO3S/c1-16-12(6-4-11(9-20)15(16)17)10-5-7-13(18-2)14(8-10)19-3/h4-8,20H,9H2,1-3H3. The Morgan fingerprint density at radius 1 is 1.10 bits per heavy atom. The molecule has 0 saturated heterocycles. The van der Waals surface area contributed by atoms with Gasteiger partial charge in [-0.3, -0.25) is 4.79 Å². The van der Waals surface area contributed by atoms with Crippen LogP contribution in [0.25, 0.3) is 11.3 Å². The van der Waals surface area contributed by atoms with Gasteiger partial charge in [0, 0.05) is 23.9 Å². The number of methoxy groups -OCH3 is 2. The summed E-state index contributed by atoms with van der Waals surface area (Å²) in [6.07, 6.45) is 0. The van der Waals surface area contributed by atoms with Crippen LogP contribution in [0.4, 0.5) is 0 Å². The zero-order chi connectivity index (χ0) is 14.7. The van der Waals surface area contributed by atoms with E-state index in [0.29, 0.717) is 22.8 Å². The fraction of sp³-hybridized carbons (Fsp3) is 0.267. The predicted octanol–water partition coefficient (Wildman–Crippen LogP) is 2.50. The lowest BCUT2D eigenvalue weighted by Gasteiger charge is -2.13. The van der Waals surface area contributed by atoms with Crippen molar-refractivity contribution >= 4 is 12.6 Å². The highest BCUT2D eigenvalue weighted by Crippen LogP contribution is 2.31. The number of benzene rings is 1. The normalized spacial score (nSPS) is 10.4. The van der Waals surface area contributed by atoms with Gasteiger partial charge in [0.15, 0.2) is 11.5 Å². The van der Waals surface area contributed by atoms with E-state index in [1.54, 1.807) is 31.9 Å². The van der Waals surface area contributed by atoms with Crippen LogP contribution in [-0.4, -0.2) is 18.8 Å². The molecule has 1 heterocycles.